The number of alkyl halides is 48. The molecule has 0 atom stereocenters. The van der Waals surface area contributed by atoms with Gasteiger partial charge in [0.2, 0.25) is 11.9 Å². The predicted octanol–water partition coefficient (Wildman–Crippen LogP) is 15.1. The highest BCUT2D eigenvalue weighted by Crippen LogP contribution is 2.63. The predicted molar refractivity (Wildman–Crippen MR) is 203 cm³/mol. The molecule has 97 heavy (non-hydrogen) atoms. The molecule has 12 nitrogen and oxygen atoms in total. The summed E-state index contributed by atoms with van der Waals surface area (Å²) in [5, 5.41) is 0. The van der Waals surface area contributed by atoms with Crippen molar-refractivity contribution in [2.45, 2.75) is 158 Å². The summed E-state index contributed by atoms with van der Waals surface area (Å²) >= 11 is 0. The van der Waals surface area contributed by atoms with E-state index in [9.17, 15) is 211 Å². The molecule has 1 aliphatic heterocycles. The number of aromatic nitrogens is 6. The Bertz CT molecular complexity index is 2880. The van der Waals surface area contributed by atoms with E-state index in [1.165, 1.54) is 0 Å². The van der Waals surface area contributed by atoms with Crippen LogP contribution in [0.25, 0.3) is 0 Å². The quantitative estimate of drug-likeness (QED) is 0.0649. The molecule has 2 aromatic rings. The van der Waals surface area contributed by atoms with Crippen molar-refractivity contribution in [1.82, 2.24) is 29.9 Å². The van der Waals surface area contributed by atoms with Crippen LogP contribution in [0.5, 0.6) is 18.0 Å². The molecule has 0 radical (unpaired) electrons. The van der Waals surface area contributed by atoms with E-state index in [0.29, 0.717) is 0 Å². The smallest absolute Gasteiger partial charge is 0.457 e. The van der Waals surface area contributed by atoms with Gasteiger partial charge in [-0.25, -0.2) is 35.1 Å². The molecule has 3 heterocycles. The van der Waals surface area contributed by atoms with Crippen molar-refractivity contribution in [1.29, 1.82) is 0 Å². The molecule has 0 spiro atoms. The summed E-state index contributed by atoms with van der Waals surface area (Å²) in [6.45, 7) is -13.9. The van der Waals surface area contributed by atoms with Gasteiger partial charge in [0.1, 0.15) is 6.61 Å². The minimum absolute atomic E-state index is 0.117. The highest BCUT2D eigenvalue weighted by Gasteiger charge is 2.93. The lowest BCUT2D eigenvalue weighted by Gasteiger charge is -2.38. The topological polar surface area (TPSA) is 121 Å². The fourth-order valence-electron chi connectivity index (χ4n) is 6.34. The molecule has 0 bridgehead atoms. The first-order valence-corrected chi connectivity index (χ1v) is 22.9. The fraction of sp³-hybridized carbons (Fsp3) is 0.838. The number of rotatable bonds is 32. The van der Waals surface area contributed by atoms with Crippen LogP contribution < -0.4 is 24.0 Å². The summed E-state index contributed by atoms with van der Waals surface area (Å²) in [5.74, 6) is -147. The Labute approximate surface area is 496 Å². The number of anilines is 2. The summed E-state index contributed by atoms with van der Waals surface area (Å²) in [6.07, 6.45) is -50.0. The Morgan fingerprint density at radius 3 is 0.856 bits per heavy atom. The summed E-state index contributed by atoms with van der Waals surface area (Å²) < 4.78 is 678. The molecule has 1 aliphatic rings. The molecule has 1 fully saturated rings. The second kappa shape index (κ2) is 25.4. The van der Waals surface area contributed by atoms with Gasteiger partial charge in [-0.1, -0.05) is 0 Å². The Balaban J connectivity index is 2.36. The molecule has 0 aliphatic carbocycles. The Morgan fingerprint density at radius 2 is 0.557 bits per heavy atom. The maximum atomic E-state index is 14.9. The second-order valence-corrected chi connectivity index (χ2v) is 18.5. The zero-order valence-electron chi connectivity index (χ0n) is 43.6. The molecule has 2 aromatic heterocycles. The average molecular weight is 1550 g/mol. The SMILES string of the molecule is FC(F)C(F)(F)C(F)(F)C(F)(F)C(F)(F)C(F)(F)COc1nc(COC(F)(F)C(F)(F)C(F)(F)C(F)(F)C(F)(F)C(F)F)nc(N2CCCN(c3nc(OC(F)(F)C(F)(F)C(F)(F)C(F)(F)C(F)(F)C(F)F)nc(OC(F)(F)C(F)(F)C(F)(F)C(F)(F)C(F)(F)C(F)F)n3)CC2)n1. The van der Waals surface area contributed by atoms with Crippen molar-refractivity contribution in [3.05, 3.63) is 5.82 Å². The van der Waals surface area contributed by atoms with Crippen LogP contribution in [-0.2, 0) is 11.3 Å². The fourth-order valence-corrected chi connectivity index (χ4v) is 6.34. The normalized spacial score (nSPS) is 16.7. The van der Waals surface area contributed by atoms with E-state index in [4.69, 9.17) is 0 Å². The minimum Gasteiger partial charge on any atom is -0.457 e. The maximum Gasteiger partial charge on any atom is 0.473 e. The molecule has 566 valence electrons. The maximum absolute atomic E-state index is 14.9. The largest absolute Gasteiger partial charge is 0.473 e. The van der Waals surface area contributed by atoms with Crippen LogP contribution in [0.1, 0.15) is 12.2 Å². The van der Waals surface area contributed by atoms with Gasteiger partial charge in [0.25, 0.3) is 0 Å². The minimum atomic E-state index is -8.72. The summed E-state index contributed by atoms with van der Waals surface area (Å²) in [4.78, 5) is 13.7. The third-order valence-corrected chi connectivity index (χ3v) is 12.0. The number of halogens is 48. The molecule has 0 amide bonds. The standard InChI is InChI=1S/C37H18F48N8O4/c38-9(39)19(48,49)24(58,59)28(66,67)23(56,57)18(46,47)7-94-15-87-8(6-95-35(80,81)32(74,75)29(68,69)25(60,61)20(50,51)10(40)41)86-13(88-15)92-2-1-3-93(5-4-92)14-89-16(96-36(82,83)33(76,77)30(70,71)26(62,63)21(52,53)11(42)43)91-17(90-14)97-37(84,85)34(78,79)31(72,73)27(64,65)22(54,55)12(44)45/h9-12H,1-7H2. The first-order chi connectivity index (χ1) is 42.5. The van der Waals surface area contributed by atoms with E-state index in [2.05, 4.69) is 43.9 Å². The van der Waals surface area contributed by atoms with Crippen molar-refractivity contribution in [2.75, 3.05) is 42.6 Å². The number of hydrogen-bond acceptors (Lipinski definition) is 12. The van der Waals surface area contributed by atoms with Gasteiger partial charge in [-0.15, -0.1) is 4.98 Å². The van der Waals surface area contributed by atoms with E-state index in [0.717, 1.165) is 0 Å². The summed E-state index contributed by atoms with van der Waals surface area (Å²) in [6, 6.07) is -9.86. The Morgan fingerprint density at radius 1 is 0.289 bits per heavy atom. The van der Waals surface area contributed by atoms with Crippen molar-refractivity contribution in [3.8, 4) is 18.0 Å². The van der Waals surface area contributed by atoms with E-state index < -0.39 is 226 Å². The number of ether oxygens (including phenoxy) is 4. The van der Waals surface area contributed by atoms with Crippen molar-refractivity contribution < 1.29 is 230 Å². The van der Waals surface area contributed by atoms with Crippen LogP contribution in [0.3, 0.4) is 0 Å². The van der Waals surface area contributed by atoms with Gasteiger partial charge in [-0.2, -0.15) is 201 Å². The highest BCUT2D eigenvalue weighted by molar-refractivity contribution is 5.37. The molecule has 1 saturated heterocycles. The molecule has 3 rings (SSSR count). The van der Waals surface area contributed by atoms with Crippen LogP contribution in [0.4, 0.5) is 223 Å². The van der Waals surface area contributed by atoms with Gasteiger partial charge >= 0.3 is 163 Å². The first-order valence-electron chi connectivity index (χ1n) is 22.9. The van der Waals surface area contributed by atoms with E-state index >= 15 is 0 Å². The van der Waals surface area contributed by atoms with Crippen LogP contribution in [-0.4, -0.2) is 207 Å². The van der Waals surface area contributed by atoms with E-state index in [1.54, 1.807) is 4.98 Å². The average Bonchev–Trinajstić information content (AvgIpc) is 0.820. The highest BCUT2D eigenvalue weighted by atomic mass is 19.4. The zero-order valence-corrected chi connectivity index (χ0v) is 43.6. The molecule has 0 unspecified atom stereocenters. The molecule has 0 aromatic carbocycles. The van der Waals surface area contributed by atoms with Gasteiger partial charge in [0, 0.05) is 26.2 Å². The third kappa shape index (κ3) is 13.4. The molecule has 0 N–H and O–H groups in total. The van der Waals surface area contributed by atoms with Gasteiger partial charge < -0.3 is 28.7 Å². The molecule has 0 saturated carbocycles. The van der Waals surface area contributed by atoms with Crippen LogP contribution in [0, 0.1) is 0 Å². The number of nitrogens with zero attached hydrogens (tertiary/aromatic N) is 8. The summed E-state index contributed by atoms with van der Waals surface area (Å²) in [7, 11) is 0. The van der Waals surface area contributed by atoms with Crippen molar-refractivity contribution in [3.63, 3.8) is 0 Å². The van der Waals surface area contributed by atoms with Gasteiger partial charge in [-0.3, -0.25) is 0 Å². The Hall–Kier alpha value is -6.38. The Kier molecular flexibility index (Phi) is 22.2. The third-order valence-electron chi connectivity index (χ3n) is 12.0. The van der Waals surface area contributed by atoms with Crippen molar-refractivity contribution in [2.24, 2.45) is 0 Å². The number of hydrogen-bond donors (Lipinski definition) is 0. The van der Waals surface area contributed by atoms with Crippen LogP contribution in [0.15, 0.2) is 0 Å². The summed E-state index contributed by atoms with van der Waals surface area (Å²) in [5.41, 5.74) is 0. The van der Waals surface area contributed by atoms with Crippen LogP contribution in [0.2, 0.25) is 0 Å². The molecule has 60 heteroatoms. The lowest BCUT2D eigenvalue weighted by molar-refractivity contribution is -0.453. The van der Waals surface area contributed by atoms with Gasteiger partial charge in [0.05, 0.1) is 0 Å². The lowest BCUT2D eigenvalue weighted by atomic mass is 9.94. The van der Waals surface area contributed by atoms with E-state index in [-0.39, 0.29) is 9.80 Å². The van der Waals surface area contributed by atoms with Crippen molar-refractivity contribution >= 4 is 11.9 Å². The monoisotopic (exact) mass is 1550 g/mol. The zero-order chi connectivity index (χ0) is 76.9. The lowest BCUT2D eigenvalue weighted by Crippen LogP contribution is -2.69. The second-order valence-electron chi connectivity index (χ2n) is 18.5. The van der Waals surface area contributed by atoms with E-state index in [1.807, 2.05) is 0 Å². The van der Waals surface area contributed by atoms with Gasteiger partial charge in [-0.05, 0) is 6.42 Å². The molecular weight excluding hydrogens is 1530 g/mol. The van der Waals surface area contributed by atoms with Gasteiger partial charge in [0.15, 0.2) is 12.4 Å². The van der Waals surface area contributed by atoms with Crippen LogP contribution >= 0.6 is 0 Å². The first kappa shape index (κ1) is 84.8. The molecular formula is C37H18F48N8O4.